The van der Waals surface area contributed by atoms with E-state index in [0.29, 0.717) is 40.2 Å². The van der Waals surface area contributed by atoms with Crippen LogP contribution in [0.5, 0.6) is 11.6 Å². The molecule has 44 heavy (non-hydrogen) atoms. The van der Waals surface area contributed by atoms with Crippen LogP contribution in [0, 0.1) is 6.92 Å². The predicted molar refractivity (Wildman–Crippen MR) is 172 cm³/mol. The van der Waals surface area contributed by atoms with Gasteiger partial charge in [0, 0.05) is 28.7 Å². The molecule has 3 N–H and O–H groups in total. The van der Waals surface area contributed by atoms with Crippen molar-refractivity contribution in [3.8, 4) is 34.0 Å². The third kappa shape index (κ3) is 6.68. The van der Waals surface area contributed by atoms with Crippen LogP contribution in [0.3, 0.4) is 0 Å². The maximum Gasteiger partial charge on any atom is 0.264 e. The molecule has 0 spiro atoms. The van der Waals surface area contributed by atoms with Crippen molar-refractivity contribution in [2.75, 3.05) is 22.0 Å². The number of ketones is 1. The fourth-order valence-electron chi connectivity index (χ4n) is 4.84. The Balaban J connectivity index is 1.71. The molecule has 3 aromatic carbocycles. The van der Waals surface area contributed by atoms with E-state index in [1.807, 2.05) is 30.3 Å². The molecule has 0 aliphatic heterocycles. The van der Waals surface area contributed by atoms with Crippen molar-refractivity contribution in [1.82, 2.24) is 9.38 Å². The zero-order valence-corrected chi connectivity index (χ0v) is 26.0. The molecule has 0 unspecified atom stereocenters. The number of hydrogen-bond donors (Lipinski definition) is 3. The normalized spacial score (nSPS) is 11.8. The third-order valence-electron chi connectivity index (χ3n) is 6.73. The monoisotopic (exact) mass is 634 g/mol. The van der Waals surface area contributed by atoms with E-state index in [1.54, 1.807) is 44.2 Å². The number of carbonyl (C=O) groups is 1. The molecule has 2 heterocycles. The smallest absolute Gasteiger partial charge is 0.264 e. The van der Waals surface area contributed by atoms with Crippen molar-refractivity contribution in [1.29, 1.82) is 0 Å². The van der Waals surface area contributed by atoms with E-state index in [0.717, 1.165) is 18.1 Å². The Labute approximate surface area is 254 Å². The fraction of sp³-hybridized carbons (Fsp3) is 0.161. The Hall–Kier alpha value is -4.88. The molecule has 5 aromatic rings. The van der Waals surface area contributed by atoms with Crippen molar-refractivity contribution < 1.29 is 26.4 Å². The van der Waals surface area contributed by atoms with Crippen molar-refractivity contribution in [2.45, 2.75) is 20.3 Å². The lowest BCUT2D eigenvalue weighted by molar-refractivity contribution is 0.0988. The molecule has 0 bridgehead atoms. The number of hydrogen-bond acceptors (Lipinski definition) is 7. The quantitative estimate of drug-likeness (QED) is 0.174. The van der Waals surface area contributed by atoms with Crippen LogP contribution in [0.15, 0.2) is 83.7 Å². The number of nitrogens with one attached hydrogen (secondary N) is 3. The molecule has 0 radical (unpaired) electrons. The van der Waals surface area contributed by atoms with Gasteiger partial charge < -0.3 is 9.72 Å². The molecular weight excluding hydrogens is 604 g/mol. The lowest BCUT2D eigenvalue weighted by atomic mass is 10.1. The van der Waals surface area contributed by atoms with E-state index in [9.17, 15) is 26.4 Å². The first-order valence-electron chi connectivity index (χ1n) is 13.5. The van der Waals surface area contributed by atoms with Gasteiger partial charge in [0.2, 0.25) is 25.9 Å². The number of benzene rings is 3. The Morgan fingerprint density at radius 1 is 0.841 bits per heavy atom. The highest BCUT2D eigenvalue weighted by molar-refractivity contribution is 7.92. The van der Waals surface area contributed by atoms with Crippen LogP contribution in [0.25, 0.3) is 28.0 Å². The van der Waals surface area contributed by atoms with Crippen LogP contribution < -0.4 is 19.7 Å². The highest BCUT2D eigenvalue weighted by Gasteiger charge is 2.21. The molecule has 0 aliphatic carbocycles. The number of H-pyrrole nitrogens is 1. The van der Waals surface area contributed by atoms with Gasteiger partial charge in [-0.1, -0.05) is 37.3 Å². The number of ether oxygens (including phenoxy) is 1. The molecule has 0 aliphatic rings. The van der Waals surface area contributed by atoms with E-state index < -0.39 is 25.6 Å². The number of fused-ring (bicyclic) bond motifs is 1. The van der Waals surface area contributed by atoms with Crippen LogP contribution in [0.4, 0.5) is 11.4 Å². The largest absolute Gasteiger partial charge is 0.440 e. The maximum absolute atomic E-state index is 14.0. The molecule has 13 heteroatoms. The van der Waals surface area contributed by atoms with E-state index in [2.05, 4.69) is 14.4 Å². The van der Waals surface area contributed by atoms with Crippen molar-refractivity contribution >= 4 is 42.9 Å². The van der Waals surface area contributed by atoms with Gasteiger partial charge in [-0.25, -0.2) is 21.2 Å². The Morgan fingerprint density at radius 2 is 1.43 bits per heavy atom. The third-order valence-corrected chi connectivity index (χ3v) is 7.95. The van der Waals surface area contributed by atoms with E-state index in [-0.39, 0.29) is 28.6 Å². The molecule has 0 amide bonds. The van der Waals surface area contributed by atoms with Gasteiger partial charge in [-0.15, -0.1) is 0 Å². The minimum absolute atomic E-state index is 0.0000387. The lowest BCUT2D eigenvalue weighted by Gasteiger charge is -2.14. The second-order valence-electron chi connectivity index (χ2n) is 10.3. The van der Waals surface area contributed by atoms with Crippen LogP contribution in [-0.4, -0.2) is 44.5 Å². The summed E-state index contributed by atoms with van der Waals surface area (Å²) in [7, 11) is -7.40. The summed E-state index contributed by atoms with van der Waals surface area (Å²) in [6, 6.07) is 22.1. The van der Waals surface area contributed by atoms with Gasteiger partial charge in [-0.05, 0) is 61.0 Å². The van der Waals surface area contributed by atoms with Crippen LogP contribution >= 0.6 is 0 Å². The first kappa shape index (κ1) is 30.6. The van der Waals surface area contributed by atoms with Crippen molar-refractivity contribution in [2.24, 2.45) is 0 Å². The standard InChI is InChI=1S/C31H30N4O7S2/c1-5-27(36)21-11-13-25(14-12-21)42-31-26(20-9-7-6-8-10-20)18-28-32-29(19(2)30(37)35(28)31)22-15-23(33-43(3,38)39)17-24(16-22)34-44(4,40)41/h6-18,32-34H,5H2,1-4H3. The lowest BCUT2D eigenvalue weighted by Crippen LogP contribution is -2.19. The van der Waals surface area contributed by atoms with Gasteiger partial charge in [-0.3, -0.25) is 19.0 Å². The second-order valence-corrected chi connectivity index (χ2v) is 13.8. The molecule has 2 aromatic heterocycles. The zero-order valence-electron chi connectivity index (χ0n) is 24.3. The number of carbonyl (C=O) groups excluding carboxylic acids is 1. The van der Waals surface area contributed by atoms with Gasteiger partial charge in [0.05, 0.1) is 29.6 Å². The predicted octanol–water partition coefficient (Wildman–Crippen LogP) is 5.40. The number of nitrogens with zero attached hydrogens (tertiary/aromatic N) is 1. The summed E-state index contributed by atoms with van der Waals surface area (Å²) in [5, 5.41) is 0. The number of sulfonamides is 2. The van der Waals surface area contributed by atoms with Crippen LogP contribution in [-0.2, 0) is 20.0 Å². The number of anilines is 2. The number of aromatic amines is 1. The SMILES string of the molecule is CCC(=O)c1ccc(Oc2c(-c3ccccc3)cc3[nH]c(-c4cc(NS(C)(=O)=O)cc(NS(C)(=O)=O)c4)c(C)c(=O)n23)cc1. The van der Waals surface area contributed by atoms with E-state index in [4.69, 9.17) is 4.74 Å². The van der Waals surface area contributed by atoms with Crippen molar-refractivity contribution in [3.63, 3.8) is 0 Å². The summed E-state index contributed by atoms with van der Waals surface area (Å²) in [6.45, 7) is 3.39. The van der Waals surface area contributed by atoms with Crippen LogP contribution in [0.2, 0.25) is 0 Å². The zero-order chi connectivity index (χ0) is 31.8. The van der Waals surface area contributed by atoms with Gasteiger partial charge >= 0.3 is 0 Å². The Kier molecular flexibility index (Phi) is 8.10. The first-order valence-corrected chi connectivity index (χ1v) is 17.3. The number of rotatable bonds is 10. The number of aromatic nitrogens is 2. The van der Waals surface area contributed by atoms with Gasteiger partial charge in [0.15, 0.2) is 5.78 Å². The molecule has 0 atom stereocenters. The average Bonchev–Trinajstić information content (AvgIpc) is 3.31. The van der Waals surface area contributed by atoms with Crippen molar-refractivity contribution in [3.05, 3.63) is 100 Å². The highest BCUT2D eigenvalue weighted by atomic mass is 32.2. The molecule has 228 valence electrons. The first-order chi connectivity index (χ1) is 20.7. The summed E-state index contributed by atoms with van der Waals surface area (Å²) in [4.78, 5) is 29.4. The average molecular weight is 635 g/mol. The topological polar surface area (TPSA) is 156 Å². The Morgan fingerprint density at radius 3 is 1.98 bits per heavy atom. The number of Topliss-reactive ketones (excluding diaryl/α,β-unsaturated/α-hetero) is 1. The molecular formula is C31H30N4O7S2. The summed E-state index contributed by atoms with van der Waals surface area (Å²) in [6.07, 6.45) is 2.33. The minimum Gasteiger partial charge on any atom is -0.440 e. The minimum atomic E-state index is -3.70. The molecule has 0 fully saturated rings. The highest BCUT2D eigenvalue weighted by Crippen LogP contribution is 2.37. The maximum atomic E-state index is 14.0. The van der Waals surface area contributed by atoms with E-state index >= 15 is 0 Å². The Bertz CT molecular complexity index is 2120. The molecule has 0 saturated carbocycles. The van der Waals surface area contributed by atoms with Gasteiger partial charge in [-0.2, -0.15) is 0 Å². The molecule has 0 saturated heterocycles. The second kappa shape index (κ2) is 11.7. The summed E-state index contributed by atoms with van der Waals surface area (Å²) >= 11 is 0. The summed E-state index contributed by atoms with van der Waals surface area (Å²) in [5.74, 6) is 0.676. The van der Waals surface area contributed by atoms with E-state index in [1.165, 1.54) is 22.6 Å². The summed E-state index contributed by atoms with van der Waals surface area (Å²) in [5.41, 5.74) is 3.11. The summed E-state index contributed by atoms with van der Waals surface area (Å²) < 4.78 is 60.4. The fourth-order valence-corrected chi connectivity index (χ4v) is 5.93. The molecule has 5 rings (SSSR count). The van der Waals surface area contributed by atoms with Gasteiger partial charge in [0.1, 0.15) is 11.4 Å². The van der Waals surface area contributed by atoms with Crippen LogP contribution in [0.1, 0.15) is 29.3 Å². The molecule has 11 nitrogen and oxygen atoms in total. The van der Waals surface area contributed by atoms with Gasteiger partial charge in [0.25, 0.3) is 5.56 Å².